The topological polar surface area (TPSA) is 87.5 Å². The van der Waals surface area contributed by atoms with Gasteiger partial charge in [0.15, 0.2) is 0 Å². The zero-order valence-electron chi connectivity index (χ0n) is 18.6. The Morgan fingerprint density at radius 1 is 1.12 bits per heavy atom. The van der Waals surface area contributed by atoms with Crippen molar-refractivity contribution in [3.63, 3.8) is 0 Å². The number of hydrogen-bond acceptors (Lipinski definition) is 4. The van der Waals surface area contributed by atoms with Gasteiger partial charge in [-0.15, -0.1) is 0 Å². The molecule has 0 spiro atoms. The average Bonchev–Trinajstić information content (AvgIpc) is 3.46. The van der Waals surface area contributed by atoms with E-state index in [0.29, 0.717) is 44.7 Å². The van der Waals surface area contributed by atoms with E-state index in [-0.39, 0.29) is 23.8 Å². The van der Waals surface area contributed by atoms with Crippen LogP contribution in [-0.4, -0.2) is 63.0 Å². The summed E-state index contributed by atoms with van der Waals surface area (Å²) >= 11 is 0. The Kier molecular flexibility index (Phi) is 6.87. The van der Waals surface area contributed by atoms with Gasteiger partial charge in [0.2, 0.25) is 17.7 Å². The highest BCUT2D eigenvalue weighted by Gasteiger charge is 2.34. The number of nitrogens with zero attached hydrogens (tertiary/aromatic N) is 4. The fourth-order valence-corrected chi connectivity index (χ4v) is 4.62. The van der Waals surface area contributed by atoms with Gasteiger partial charge in [-0.3, -0.25) is 14.4 Å². The molecule has 1 aromatic carbocycles. The van der Waals surface area contributed by atoms with Gasteiger partial charge in [-0.05, 0) is 38.2 Å². The number of rotatable bonds is 7. The predicted octanol–water partition coefficient (Wildman–Crippen LogP) is 2.63. The van der Waals surface area contributed by atoms with E-state index in [2.05, 4.69) is 10.4 Å². The van der Waals surface area contributed by atoms with Crippen molar-refractivity contribution in [1.29, 1.82) is 0 Å². The van der Waals surface area contributed by atoms with Crippen LogP contribution in [0.15, 0.2) is 42.6 Å². The second-order valence-corrected chi connectivity index (χ2v) is 8.62. The summed E-state index contributed by atoms with van der Waals surface area (Å²) in [6.07, 6.45) is 5.71. The quantitative estimate of drug-likeness (QED) is 0.721. The summed E-state index contributed by atoms with van der Waals surface area (Å²) in [5.74, 6) is 0.759. The number of amides is 3. The van der Waals surface area contributed by atoms with Crippen molar-refractivity contribution in [2.24, 2.45) is 0 Å². The summed E-state index contributed by atoms with van der Waals surface area (Å²) in [4.78, 5) is 40.9. The maximum Gasteiger partial charge on any atom is 0.245 e. The number of hydrogen-bond donors (Lipinski definition) is 1. The Morgan fingerprint density at radius 3 is 2.56 bits per heavy atom. The van der Waals surface area contributed by atoms with Gasteiger partial charge < -0.3 is 15.1 Å². The standard InChI is InChI=1S/C24H31N5O3/c1-18(28-15-5-8-23(28)31)24(32)27-16-12-20(13-17-27)29-21(11-14-25-29)26-22(30)10-9-19-6-3-2-4-7-19/h2-4,6-7,11,14,18,20H,5,8-10,12-13,15-17H2,1H3,(H,26,30)/t18-/m1/s1. The molecule has 2 aliphatic rings. The smallest absolute Gasteiger partial charge is 0.245 e. The minimum Gasteiger partial charge on any atom is -0.341 e. The lowest BCUT2D eigenvalue weighted by Gasteiger charge is -2.36. The molecule has 2 aromatic rings. The molecular weight excluding hydrogens is 406 g/mol. The van der Waals surface area contributed by atoms with Crippen molar-refractivity contribution < 1.29 is 14.4 Å². The largest absolute Gasteiger partial charge is 0.341 e. The molecule has 3 amide bonds. The lowest BCUT2D eigenvalue weighted by atomic mass is 10.0. The van der Waals surface area contributed by atoms with Crippen molar-refractivity contribution in [3.05, 3.63) is 48.2 Å². The Labute approximate surface area is 188 Å². The second-order valence-electron chi connectivity index (χ2n) is 8.62. The monoisotopic (exact) mass is 437 g/mol. The van der Waals surface area contributed by atoms with Crippen LogP contribution in [0.1, 0.15) is 50.6 Å². The first-order chi connectivity index (χ1) is 15.5. The summed E-state index contributed by atoms with van der Waals surface area (Å²) in [6, 6.07) is 11.5. The molecule has 2 aliphatic heterocycles. The summed E-state index contributed by atoms with van der Waals surface area (Å²) < 4.78 is 1.87. The Balaban J connectivity index is 1.29. The summed E-state index contributed by atoms with van der Waals surface area (Å²) in [6.45, 7) is 3.74. The van der Waals surface area contributed by atoms with E-state index in [4.69, 9.17) is 0 Å². The van der Waals surface area contributed by atoms with Gasteiger partial charge >= 0.3 is 0 Å². The molecule has 0 unspecified atom stereocenters. The van der Waals surface area contributed by atoms with Crippen molar-refractivity contribution in [3.8, 4) is 0 Å². The third kappa shape index (κ3) is 5.00. The molecule has 1 N–H and O–H groups in total. The molecule has 4 rings (SSSR count). The highest BCUT2D eigenvalue weighted by molar-refractivity contribution is 5.90. The molecule has 3 heterocycles. The molecule has 1 atom stereocenters. The van der Waals surface area contributed by atoms with Gasteiger partial charge in [0, 0.05) is 38.5 Å². The van der Waals surface area contributed by atoms with Crippen LogP contribution in [0.25, 0.3) is 0 Å². The Hall–Kier alpha value is -3.16. The molecule has 2 saturated heterocycles. The van der Waals surface area contributed by atoms with Crippen LogP contribution >= 0.6 is 0 Å². The number of piperidine rings is 1. The van der Waals surface area contributed by atoms with Crippen LogP contribution < -0.4 is 5.32 Å². The number of aryl methyl sites for hydroxylation is 1. The highest BCUT2D eigenvalue weighted by Crippen LogP contribution is 2.26. The Bertz CT molecular complexity index is 950. The molecule has 170 valence electrons. The summed E-state index contributed by atoms with van der Waals surface area (Å²) in [7, 11) is 0. The third-order valence-electron chi connectivity index (χ3n) is 6.48. The average molecular weight is 438 g/mol. The number of anilines is 1. The van der Waals surface area contributed by atoms with E-state index in [1.54, 1.807) is 11.1 Å². The molecule has 8 nitrogen and oxygen atoms in total. The number of carbonyl (C=O) groups excluding carboxylic acids is 3. The number of benzene rings is 1. The third-order valence-corrected chi connectivity index (χ3v) is 6.48. The number of carbonyl (C=O) groups is 3. The molecular formula is C24H31N5O3. The van der Waals surface area contributed by atoms with Gasteiger partial charge in [-0.25, -0.2) is 4.68 Å². The molecule has 0 saturated carbocycles. The first-order valence-corrected chi connectivity index (χ1v) is 11.5. The molecule has 8 heteroatoms. The van der Waals surface area contributed by atoms with Crippen LogP contribution in [0, 0.1) is 0 Å². The van der Waals surface area contributed by atoms with Gasteiger partial charge in [-0.2, -0.15) is 5.10 Å². The van der Waals surface area contributed by atoms with Crippen LogP contribution in [0.3, 0.4) is 0 Å². The van der Waals surface area contributed by atoms with Crippen molar-refractivity contribution >= 4 is 23.5 Å². The van der Waals surface area contributed by atoms with Gasteiger partial charge in [0.05, 0.1) is 12.2 Å². The van der Waals surface area contributed by atoms with Crippen LogP contribution in [0.5, 0.6) is 0 Å². The van der Waals surface area contributed by atoms with Crippen molar-refractivity contribution in [2.45, 2.75) is 57.5 Å². The SMILES string of the molecule is C[C@H](C(=O)N1CCC(n2nccc2NC(=O)CCc2ccccc2)CC1)N1CCCC1=O. The first-order valence-electron chi connectivity index (χ1n) is 11.5. The number of nitrogens with one attached hydrogen (secondary N) is 1. The molecule has 0 radical (unpaired) electrons. The minimum absolute atomic E-state index is 0.0219. The van der Waals surface area contributed by atoms with Crippen LogP contribution in [-0.2, 0) is 20.8 Å². The maximum absolute atomic E-state index is 12.9. The van der Waals surface area contributed by atoms with E-state index < -0.39 is 6.04 Å². The fourth-order valence-electron chi connectivity index (χ4n) is 4.62. The zero-order chi connectivity index (χ0) is 22.5. The second kappa shape index (κ2) is 9.97. The lowest BCUT2D eigenvalue weighted by Crippen LogP contribution is -2.50. The predicted molar refractivity (Wildman–Crippen MR) is 121 cm³/mol. The minimum atomic E-state index is -0.397. The van der Waals surface area contributed by atoms with Crippen molar-refractivity contribution in [1.82, 2.24) is 19.6 Å². The highest BCUT2D eigenvalue weighted by atomic mass is 16.2. The van der Waals surface area contributed by atoms with Gasteiger partial charge in [0.1, 0.15) is 11.9 Å². The van der Waals surface area contributed by atoms with E-state index in [0.717, 1.165) is 24.8 Å². The Morgan fingerprint density at radius 2 is 1.88 bits per heavy atom. The number of aromatic nitrogens is 2. The van der Waals surface area contributed by atoms with Gasteiger partial charge in [-0.1, -0.05) is 30.3 Å². The molecule has 0 aliphatic carbocycles. The molecule has 0 bridgehead atoms. The summed E-state index contributed by atoms with van der Waals surface area (Å²) in [5.41, 5.74) is 1.14. The molecule has 32 heavy (non-hydrogen) atoms. The normalized spacial score (nSPS) is 18.1. The fraction of sp³-hybridized carbons (Fsp3) is 0.500. The summed E-state index contributed by atoms with van der Waals surface area (Å²) in [5, 5.41) is 7.42. The van der Waals surface area contributed by atoms with E-state index in [1.807, 2.05) is 52.9 Å². The maximum atomic E-state index is 12.9. The van der Waals surface area contributed by atoms with E-state index in [1.165, 1.54) is 0 Å². The molecule has 1 aromatic heterocycles. The lowest BCUT2D eigenvalue weighted by molar-refractivity contribution is -0.143. The first kappa shape index (κ1) is 22.0. The number of likely N-dealkylation sites (tertiary alicyclic amines) is 2. The zero-order valence-corrected chi connectivity index (χ0v) is 18.6. The van der Waals surface area contributed by atoms with Crippen LogP contribution in [0.2, 0.25) is 0 Å². The van der Waals surface area contributed by atoms with E-state index >= 15 is 0 Å². The van der Waals surface area contributed by atoms with E-state index in [9.17, 15) is 14.4 Å². The van der Waals surface area contributed by atoms with Crippen LogP contribution in [0.4, 0.5) is 5.82 Å². The van der Waals surface area contributed by atoms with Crippen molar-refractivity contribution in [2.75, 3.05) is 25.0 Å². The van der Waals surface area contributed by atoms with Gasteiger partial charge in [0.25, 0.3) is 0 Å². The molecule has 2 fully saturated rings.